The van der Waals surface area contributed by atoms with Crippen LogP contribution < -0.4 is 11.0 Å². The maximum absolute atomic E-state index is 13.6. The van der Waals surface area contributed by atoms with E-state index in [1.54, 1.807) is 23.9 Å². The maximum atomic E-state index is 13.6. The molecule has 0 bridgehead atoms. The highest BCUT2D eigenvalue weighted by Gasteiger charge is 2.16. The number of hydrogen-bond acceptors (Lipinski definition) is 5. The molecule has 3 aromatic heterocycles. The topological polar surface area (TPSA) is 102 Å². The van der Waals surface area contributed by atoms with Crippen molar-refractivity contribution in [3.05, 3.63) is 87.0 Å². The molecule has 0 spiro atoms. The van der Waals surface area contributed by atoms with Crippen LogP contribution in [0, 0.1) is 24.1 Å². The van der Waals surface area contributed by atoms with Crippen LogP contribution in [-0.2, 0) is 11.3 Å². The van der Waals surface area contributed by atoms with E-state index < -0.39 is 11.7 Å². The number of halogens is 1. The molecule has 0 aliphatic rings. The predicted molar refractivity (Wildman–Crippen MR) is 119 cm³/mol. The first kappa shape index (κ1) is 22.0. The van der Waals surface area contributed by atoms with Gasteiger partial charge in [-0.1, -0.05) is 12.1 Å². The lowest BCUT2D eigenvalue weighted by molar-refractivity contribution is 0.0996. The Kier molecular flexibility index (Phi) is 6.11. The average Bonchev–Trinajstić information content (AvgIpc) is 2.81. The molecule has 0 atom stereocenters. The van der Waals surface area contributed by atoms with Crippen LogP contribution in [0.3, 0.4) is 0 Å². The summed E-state index contributed by atoms with van der Waals surface area (Å²) in [6.07, 6.45) is 2.14. The number of nitriles is 1. The first-order valence-corrected chi connectivity index (χ1v) is 10.2. The van der Waals surface area contributed by atoms with Crippen molar-refractivity contribution in [2.24, 2.45) is 4.99 Å². The summed E-state index contributed by atoms with van der Waals surface area (Å²) in [7, 11) is 1.56. The minimum absolute atomic E-state index is 0.0381. The van der Waals surface area contributed by atoms with Crippen LogP contribution in [0.2, 0.25) is 0 Å². The van der Waals surface area contributed by atoms with Gasteiger partial charge in [0.25, 0.3) is 11.5 Å². The third-order valence-electron chi connectivity index (χ3n) is 5.23. The van der Waals surface area contributed by atoms with E-state index in [0.29, 0.717) is 30.9 Å². The van der Waals surface area contributed by atoms with Crippen LogP contribution in [0.15, 0.2) is 58.4 Å². The van der Waals surface area contributed by atoms with E-state index in [4.69, 9.17) is 9.72 Å². The van der Waals surface area contributed by atoms with Crippen LogP contribution in [0.5, 0.6) is 0 Å². The minimum atomic E-state index is -0.709. The molecule has 0 aliphatic heterocycles. The van der Waals surface area contributed by atoms with Crippen molar-refractivity contribution in [2.45, 2.75) is 19.9 Å². The van der Waals surface area contributed by atoms with Crippen molar-refractivity contribution in [1.82, 2.24) is 14.0 Å². The molecule has 4 rings (SSSR count). The smallest absolute Gasteiger partial charge is 0.279 e. The van der Waals surface area contributed by atoms with Crippen LogP contribution in [0.25, 0.3) is 16.7 Å². The van der Waals surface area contributed by atoms with Gasteiger partial charge in [-0.3, -0.25) is 14.0 Å². The van der Waals surface area contributed by atoms with E-state index in [-0.39, 0.29) is 27.6 Å². The van der Waals surface area contributed by atoms with Gasteiger partial charge in [-0.25, -0.2) is 9.37 Å². The van der Waals surface area contributed by atoms with Gasteiger partial charge in [-0.15, -0.1) is 0 Å². The van der Waals surface area contributed by atoms with Crippen LogP contribution in [0.1, 0.15) is 27.9 Å². The van der Waals surface area contributed by atoms with E-state index in [1.165, 1.54) is 28.7 Å². The molecule has 0 saturated heterocycles. The molecule has 0 radical (unpaired) electrons. The molecule has 8 nitrogen and oxygen atoms in total. The maximum Gasteiger partial charge on any atom is 0.279 e. The fourth-order valence-electron chi connectivity index (χ4n) is 3.65. The molecule has 3 heterocycles. The molecule has 9 heteroatoms. The van der Waals surface area contributed by atoms with Crippen LogP contribution in [0.4, 0.5) is 4.39 Å². The number of aryl methyl sites for hydroxylation is 2. The highest BCUT2D eigenvalue weighted by atomic mass is 19.1. The molecule has 4 aromatic rings. The van der Waals surface area contributed by atoms with Gasteiger partial charge < -0.3 is 9.30 Å². The Balaban J connectivity index is 2.08. The lowest BCUT2D eigenvalue weighted by atomic mass is 10.2. The van der Waals surface area contributed by atoms with Crippen LogP contribution >= 0.6 is 0 Å². The molecular weight excluding hydrogens is 425 g/mol. The van der Waals surface area contributed by atoms with Crippen molar-refractivity contribution >= 4 is 22.6 Å². The molecule has 33 heavy (non-hydrogen) atoms. The third kappa shape index (κ3) is 4.16. The standard InChI is InChI=1S/C24H20FN5O3/c1-15-6-4-9-30-20(15)27-22-19(24(30)32)13-17(14-26)21(29(22)10-5-11-33-2)28-23(31)16-7-3-8-18(25)12-16/h3-4,6-9,12-13H,5,10-11H2,1-2H3. The fraction of sp³-hybridized carbons (Fsp3) is 0.208. The van der Waals surface area contributed by atoms with Gasteiger partial charge in [-0.2, -0.15) is 10.3 Å². The highest BCUT2D eigenvalue weighted by molar-refractivity contribution is 5.95. The molecule has 0 aliphatic carbocycles. The van der Waals surface area contributed by atoms with Gasteiger partial charge in [-0.05, 0) is 49.2 Å². The summed E-state index contributed by atoms with van der Waals surface area (Å²) in [5.41, 5.74) is 1.36. The van der Waals surface area contributed by atoms with Crippen molar-refractivity contribution < 1.29 is 13.9 Å². The van der Waals surface area contributed by atoms with E-state index in [9.17, 15) is 19.2 Å². The normalized spacial score (nSPS) is 11.8. The van der Waals surface area contributed by atoms with Gasteiger partial charge in [0.2, 0.25) is 0 Å². The molecule has 166 valence electrons. The Morgan fingerprint density at radius 2 is 2.06 bits per heavy atom. The van der Waals surface area contributed by atoms with Gasteiger partial charge in [0.1, 0.15) is 23.2 Å². The zero-order valence-electron chi connectivity index (χ0n) is 18.1. The van der Waals surface area contributed by atoms with Crippen molar-refractivity contribution in [2.75, 3.05) is 13.7 Å². The first-order valence-electron chi connectivity index (χ1n) is 10.2. The molecule has 0 saturated carbocycles. The van der Waals surface area contributed by atoms with Gasteiger partial charge >= 0.3 is 0 Å². The lowest BCUT2D eigenvalue weighted by Gasteiger charge is -2.14. The van der Waals surface area contributed by atoms with Crippen molar-refractivity contribution in [3.63, 3.8) is 0 Å². The zero-order chi connectivity index (χ0) is 23.5. The Morgan fingerprint density at radius 1 is 1.24 bits per heavy atom. The Bertz CT molecular complexity index is 1560. The van der Waals surface area contributed by atoms with E-state index in [1.807, 2.05) is 19.1 Å². The largest absolute Gasteiger partial charge is 0.385 e. The molecule has 0 N–H and O–H groups in total. The van der Waals surface area contributed by atoms with E-state index in [0.717, 1.165) is 11.6 Å². The number of rotatable bonds is 5. The number of hydrogen-bond donors (Lipinski definition) is 0. The zero-order valence-corrected chi connectivity index (χ0v) is 18.1. The number of carbonyl (C=O) groups is 1. The number of amides is 1. The first-order chi connectivity index (χ1) is 15.9. The number of aromatic nitrogens is 3. The van der Waals surface area contributed by atoms with Crippen molar-refractivity contribution in [1.29, 1.82) is 5.26 Å². The monoisotopic (exact) mass is 445 g/mol. The summed E-state index contributed by atoms with van der Waals surface area (Å²) in [5.74, 6) is -1.28. The fourth-order valence-corrected chi connectivity index (χ4v) is 3.65. The quantitative estimate of drug-likeness (QED) is 0.347. The molecule has 1 aromatic carbocycles. The number of nitrogens with zero attached hydrogens (tertiary/aromatic N) is 5. The second-order valence-electron chi connectivity index (χ2n) is 7.46. The molecule has 1 amide bonds. The predicted octanol–water partition coefficient (Wildman–Crippen LogP) is 2.75. The summed E-state index contributed by atoms with van der Waals surface area (Å²) in [6.45, 7) is 2.54. The number of fused-ring (bicyclic) bond motifs is 2. The second-order valence-corrected chi connectivity index (χ2v) is 7.46. The third-order valence-corrected chi connectivity index (χ3v) is 5.23. The van der Waals surface area contributed by atoms with E-state index >= 15 is 0 Å². The number of carbonyl (C=O) groups excluding carboxylic acids is 1. The Morgan fingerprint density at radius 3 is 2.79 bits per heavy atom. The number of methoxy groups -OCH3 is 1. The van der Waals surface area contributed by atoms with Gasteiger partial charge in [0.15, 0.2) is 5.49 Å². The molecular formula is C24H20FN5O3. The summed E-state index contributed by atoms with van der Waals surface area (Å²) >= 11 is 0. The Hall–Kier alpha value is -4.16. The SMILES string of the molecule is COCCCn1c(=NC(=O)c2cccc(F)c2)c(C#N)cc2c(=O)n3cccc(C)c3nc21. The summed E-state index contributed by atoms with van der Waals surface area (Å²) in [5, 5.41) is 10.0. The Labute approximate surface area is 187 Å². The number of pyridine rings is 2. The second kappa shape index (κ2) is 9.14. The summed E-state index contributed by atoms with van der Waals surface area (Å²) < 4.78 is 21.8. The number of benzene rings is 1. The summed E-state index contributed by atoms with van der Waals surface area (Å²) in [6, 6.07) is 12.2. The van der Waals surface area contributed by atoms with E-state index in [2.05, 4.69) is 4.99 Å². The van der Waals surface area contributed by atoms with Crippen LogP contribution in [-0.4, -0.2) is 33.6 Å². The average molecular weight is 445 g/mol. The van der Waals surface area contributed by atoms with Crippen molar-refractivity contribution in [3.8, 4) is 6.07 Å². The highest BCUT2D eigenvalue weighted by Crippen LogP contribution is 2.13. The summed E-state index contributed by atoms with van der Waals surface area (Å²) in [4.78, 5) is 34.9. The minimum Gasteiger partial charge on any atom is -0.385 e. The lowest BCUT2D eigenvalue weighted by Crippen LogP contribution is -2.30. The number of ether oxygens (including phenoxy) is 1. The molecule has 0 fully saturated rings. The van der Waals surface area contributed by atoms with Gasteiger partial charge in [0, 0.05) is 32.0 Å². The van der Waals surface area contributed by atoms with Gasteiger partial charge in [0.05, 0.1) is 10.9 Å². The molecule has 0 unspecified atom stereocenters.